The highest BCUT2D eigenvalue weighted by Crippen LogP contribution is 2.36. The van der Waals surface area contributed by atoms with Crippen molar-refractivity contribution in [2.75, 3.05) is 6.54 Å². The summed E-state index contributed by atoms with van der Waals surface area (Å²) >= 11 is 0. The summed E-state index contributed by atoms with van der Waals surface area (Å²) < 4.78 is 0. The van der Waals surface area contributed by atoms with Gasteiger partial charge in [-0.1, -0.05) is 49.1 Å². The topological polar surface area (TPSA) is 3.24 Å². The number of fused-ring (bicyclic) bond motifs is 2. The third kappa shape index (κ3) is 2.02. The second kappa shape index (κ2) is 4.40. The number of hydrogen-bond acceptors (Lipinski definition) is 1. The van der Waals surface area contributed by atoms with Crippen LogP contribution in [0.5, 0.6) is 0 Å². The summed E-state index contributed by atoms with van der Waals surface area (Å²) in [6.45, 7) is 5.10. The molecular formula is C16H19N. The van der Waals surface area contributed by atoms with E-state index < -0.39 is 0 Å². The minimum absolute atomic E-state index is 0.567. The molecule has 2 aliphatic heterocycles. The third-order valence-electron chi connectivity index (χ3n) is 4.07. The third-order valence-corrected chi connectivity index (χ3v) is 4.07. The van der Waals surface area contributed by atoms with Crippen LogP contribution in [0.3, 0.4) is 0 Å². The molecular weight excluding hydrogens is 206 g/mol. The number of nitrogens with zero attached hydrogens (tertiary/aromatic N) is 1. The molecule has 0 N–H and O–H groups in total. The zero-order valence-electron chi connectivity index (χ0n) is 10.1. The molecule has 1 saturated heterocycles. The highest BCUT2D eigenvalue weighted by Gasteiger charge is 2.35. The van der Waals surface area contributed by atoms with Crippen LogP contribution in [-0.2, 0) is 6.42 Å². The van der Waals surface area contributed by atoms with E-state index in [9.17, 15) is 0 Å². The largest absolute Gasteiger partial charge is 0.371 e. The Bertz CT molecular complexity index is 420. The fourth-order valence-electron chi connectivity index (χ4n) is 3.26. The second-order valence-corrected chi connectivity index (χ2v) is 5.20. The molecule has 0 radical (unpaired) electrons. The average Bonchev–Trinajstić information content (AvgIpc) is 2.40. The van der Waals surface area contributed by atoms with E-state index >= 15 is 0 Å². The van der Waals surface area contributed by atoms with E-state index in [0.29, 0.717) is 6.04 Å². The molecule has 1 aromatic rings. The monoisotopic (exact) mass is 225 g/mol. The van der Waals surface area contributed by atoms with Crippen LogP contribution in [0, 0.1) is 11.8 Å². The Balaban J connectivity index is 1.77. The van der Waals surface area contributed by atoms with Crippen molar-refractivity contribution in [3.63, 3.8) is 0 Å². The van der Waals surface area contributed by atoms with Crippen LogP contribution in [-0.4, -0.2) is 17.5 Å². The molecule has 3 aliphatic rings. The first-order valence-electron chi connectivity index (χ1n) is 6.47. The van der Waals surface area contributed by atoms with Crippen molar-refractivity contribution in [1.82, 2.24) is 4.90 Å². The van der Waals surface area contributed by atoms with Crippen molar-refractivity contribution in [2.45, 2.75) is 18.9 Å². The minimum atomic E-state index is 0.567. The van der Waals surface area contributed by atoms with Crippen LogP contribution in [0.25, 0.3) is 0 Å². The van der Waals surface area contributed by atoms with E-state index in [1.165, 1.54) is 18.4 Å². The molecule has 1 nitrogen and oxygen atoms in total. The summed E-state index contributed by atoms with van der Waals surface area (Å²) in [6, 6.07) is 11.4. The molecule has 1 heteroatoms. The fourth-order valence-corrected chi connectivity index (χ4v) is 3.26. The second-order valence-electron chi connectivity index (χ2n) is 5.20. The van der Waals surface area contributed by atoms with Crippen molar-refractivity contribution < 1.29 is 0 Å². The molecule has 3 unspecified atom stereocenters. The predicted octanol–water partition coefficient (Wildman–Crippen LogP) is 3.25. The summed E-state index contributed by atoms with van der Waals surface area (Å²) in [5.41, 5.74) is 1.46. The van der Waals surface area contributed by atoms with Gasteiger partial charge in [-0.05, 0) is 36.4 Å². The van der Waals surface area contributed by atoms with E-state index in [2.05, 4.69) is 54.0 Å². The Morgan fingerprint density at radius 1 is 1.24 bits per heavy atom. The molecule has 3 atom stereocenters. The Kier molecular flexibility index (Phi) is 2.76. The lowest BCUT2D eigenvalue weighted by atomic mass is 9.75. The molecule has 17 heavy (non-hydrogen) atoms. The smallest absolute Gasteiger partial charge is 0.0499 e. The predicted molar refractivity (Wildman–Crippen MR) is 71.6 cm³/mol. The standard InChI is InChI=1S/C16H19N/c1-2-17-12-14-8-9-16(17)15(11-14)10-13-6-4-3-5-7-13/h2-9,14-16H,1,10-12H2. The normalized spacial score (nSPS) is 30.6. The maximum Gasteiger partial charge on any atom is 0.0499 e. The van der Waals surface area contributed by atoms with E-state index in [4.69, 9.17) is 0 Å². The summed E-state index contributed by atoms with van der Waals surface area (Å²) in [7, 11) is 0. The van der Waals surface area contributed by atoms with Crippen molar-refractivity contribution in [3.8, 4) is 0 Å². The summed E-state index contributed by atoms with van der Waals surface area (Å²) in [6.07, 6.45) is 9.31. The van der Waals surface area contributed by atoms with Crippen LogP contribution in [0.1, 0.15) is 12.0 Å². The molecule has 2 heterocycles. The van der Waals surface area contributed by atoms with Gasteiger partial charge >= 0.3 is 0 Å². The lowest BCUT2D eigenvalue weighted by Gasteiger charge is -2.46. The molecule has 0 spiro atoms. The molecule has 1 fully saturated rings. The molecule has 0 aromatic heterocycles. The van der Waals surface area contributed by atoms with Crippen molar-refractivity contribution >= 4 is 0 Å². The summed E-state index contributed by atoms with van der Waals surface area (Å²) in [4.78, 5) is 2.40. The van der Waals surface area contributed by atoms with Gasteiger partial charge in [0.05, 0.1) is 0 Å². The van der Waals surface area contributed by atoms with Crippen LogP contribution < -0.4 is 0 Å². The average molecular weight is 225 g/mol. The number of benzene rings is 1. The van der Waals surface area contributed by atoms with Gasteiger partial charge in [0.15, 0.2) is 0 Å². The first-order chi connectivity index (χ1) is 8.36. The molecule has 0 saturated carbocycles. The van der Waals surface area contributed by atoms with Gasteiger partial charge in [-0.25, -0.2) is 0 Å². The van der Waals surface area contributed by atoms with E-state index in [-0.39, 0.29) is 0 Å². The van der Waals surface area contributed by atoms with Gasteiger partial charge in [0, 0.05) is 12.6 Å². The van der Waals surface area contributed by atoms with E-state index in [1.807, 2.05) is 6.20 Å². The van der Waals surface area contributed by atoms with Crippen molar-refractivity contribution in [2.24, 2.45) is 11.8 Å². The van der Waals surface area contributed by atoms with Gasteiger partial charge in [-0.3, -0.25) is 0 Å². The zero-order chi connectivity index (χ0) is 11.7. The van der Waals surface area contributed by atoms with Gasteiger partial charge in [-0.2, -0.15) is 0 Å². The molecule has 1 aromatic carbocycles. The number of hydrogen-bond donors (Lipinski definition) is 0. The Labute approximate surface area is 103 Å². The van der Waals surface area contributed by atoms with Crippen molar-refractivity contribution in [3.05, 3.63) is 60.8 Å². The van der Waals surface area contributed by atoms with Gasteiger partial charge in [0.2, 0.25) is 0 Å². The Hall–Kier alpha value is -1.50. The molecule has 4 rings (SSSR count). The first-order valence-corrected chi connectivity index (χ1v) is 6.47. The van der Waals surface area contributed by atoms with Crippen LogP contribution in [0.4, 0.5) is 0 Å². The van der Waals surface area contributed by atoms with Gasteiger partial charge in [0.1, 0.15) is 0 Å². The van der Waals surface area contributed by atoms with Gasteiger partial charge < -0.3 is 4.90 Å². The number of rotatable bonds is 3. The van der Waals surface area contributed by atoms with E-state index in [0.717, 1.165) is 18.4 Å². The lowest BCUT2D eigenvalue weighted by molar-refractivity contribution is 0.129. The molecule has 2 bridgehead atoms. The Morgan fingerprint density at radius 3 is 2.76 bits per heavy atom. The molecule has 1 aliphatic carbocycles. The van der Waals surface area contributed by atoms with Crippen molar-refractivity contribution in [1.29, 1.82) is 0 Å². The maximum absolute atomic E-state index is 3.94. The van der Waals surface area contributed by atoms with Crippen LogP contribution in [0.2, 0.25) is 0 Å². The highest BCUT2D eigenvalue weighted by molar-refractivity contribution is 5.20. The quantitative estimate of drug-likeness (QED) is 0.714. The van der Waals surface area contributed by atoms with Crippen LogP contribution >= 0.6 is 0 Å². The Morgan fingerprint density at radius 2 is 2.06 bits per heavy atom. The summed E-state index contributed by atoms with van der Waals surface area (Å²) in [5, 5.41) is 0. The fraction of sp³-hybridized carbons (Fsp3) is 0.375. The van der Waals surface area contributed by atoms with Gasteiger partial charge in [0.25, 0.3) is 0 Å². The highest BCUT2D eigenvalue weighted by atomic mass is 15.2. The first kappa shape index (κ1) is 10.6. The molecule has 0 amide bonds. The maximum atomic E-state index is 3.94. The molecule has 88 valence electrons. The van der Waals surface area contributed by atoms with Crippen LogP contribution in [0.15, 0.2) is 55.3 Å². The van der Waals surface area contributed by atoms with E-state index in [1.54, 1.807) is 0 Å². The van der Waals surface area contributed by atoms with Gasteiger partial charge in [-0.15, -0.1) is 0 Å². The summed E-state index contributed by atoms with van der Waals surface area (Å²) in [5.74, 6) is 1.48. The zero-order valence-corrected chi connectivity index (χ0v) is 10.1. The SMILES string of the molecule is C=CN1CC2C=CC1C(Cc1ccccc1)C2. The minimum Gasteiger partial charge on any atom is -0.371 e. The lowest BCUT2D eigenvalue weighted by Crippen LogP contribution is -2.48. The number of piperidine rings is 1.